The smallest absolute Gasteiger partial charge is 0.165 e. The molecule has 0 radical (unpaired) electrons. The Balaban J connectivity index is 2.37. The van der Waals surface area contributed by atoms with Gasteiger partial charge in [-0.25, -0.2) is 16.8 Å². The largest absolute Gasteiger partial charge is 0.508 e. The molecular formula is C10H12O5S2. The molecule has 1 fully saturated rings. The van der Waals surface area contributed by atoms with Gasteiger partial charge in [0, 0.05) is 5.92 Å². The van der Waals surface area contributed by atoms with Crippen LogP contribution in [0.25, 0.3) is 0 Å². The van der Waals surface area contributed by atoms with Crippen LogP contribution in [-0.4, -0.2) is 38.5 Å². The summed E-state index contributed by atoms with van der Waals surface area (Å²) in [6, 6.07) is 5.94. The minimum absolute atomic E-state index is 0.0651. The predicted molar refractivity (Wildman–Crippen MR) is 63.3 cm³/mol. The van der Waals surface area contributed by atoms with Gasteiger partial charge in [0.2, 0.25) is 0 Å². The fourth-order valence-electron chi connectivity index (χ4n) is 1.97. The first kappa shape index (κ1) is 12.4. The molecule has 0 amide bonds. The average Bonchev–Trinajstić information content (AvgIpc) is 2.13. The first-order valence-electron chi connectivity index (χ1n) is 4.97. The minimum Gasteiger partial charge on any atom is -0.508 e. The summed E-state index contributed by atoms with van der Waals surface area (Å²) in [6.45, 7) is 0. The van der Waals surface area contributed by atoms with Gasteiger partial charge in [-0.15, -0.1) is 0 Å². The fraction of sp³-hybridized carbons (Fsp3) is 0.400. The van der Waals surface area contributed by atoms with E-state index >= 15 is 0 Å². The van der Waals surface area contributed by atoms with Gasteiger partial charge in [-0.2, -0.15) is 0 Å². The number of sulfone groups is 2. The third-order valence-corrected chi connectivity index (χ3v) is 7.33. The van der Waals surface area contributed by atoms with E-state index in [2.05, 4.69) is 0 Å². The number of phenols is 1. The van der Waals surface area contributed by atoms with E-state index in [-0.39, 0.29) is 17.3 Å². The van der Waals surface area contributed by atoms with Gasteiger partial charge < -0.3 is 5.11 Å². The Kier molecular flexibility index (Phi) is 2.90. The molecule has 1 aromatic rings. The number of rotatable bonds is 1. The highest BCUT2D eigenvalue weighted by Gasteiger charge is 2.35. The summed E-state index contributed by atoms with van der Waals surface area (Å²) < 4.78 is 46.0. The summed E-state index contributed by atoms with van der Waals surface area (Å²) in [7, 11) is -7.10. The van der Waals surface area contributed by atoms with Gasteiger partial charge in [0.1, 0.15) is 5.75 Å². The van der Waals surface area contributed by atoms with Gasteiger partial charge in [0.15, 0.2) is 24.8 Å². The highest BCUT2D eigenvalue weighted by atomic mass is 32.3. The zero-order chi connectivity index (χ0) is 12.7. The van der Waals surface area contributed by atoms with Crippen LogP contribution in [0.4, 0.5) is 0 Å². The van der Waals surface area contributed by atoms with Crippen LogP contribution in [0, 0.1) is 0 Å². The second-order valence-electron chi connectivity index (χ2n) is 4.23. The molecule has 7 heteroatoms. The first-order chi connectivity index (χ1) is 7.77. The van der Waals surface area contributed by atoms with E-state index in [1.165, 1.54) is 12.1 Å². The van der Waals surface area contributed by atoms with Gasteiger partial charge in [0.05, 0.1) is 11.5 Å². The van der Waals surface area contributed by atoms with E-state index in [1.54, 1.807) is 12.1 Å². The van der Waals surface area contributed by atoms with Crippen molar-refractivity contribution in [2.45, 2.75) is 5.92 Å². The van der Waals surface area contributed by atoms with E-state index < -0.39 is 30.7 Å². The summed E-state index contributed by atoms with van der Waals surface area (Å²) in [6.07, 6.45) is 0. The lowest BCUT2D eigenvalue weighted by Crippen LogP contribution is -2.34. The Morgan fingerprint density at radius 1 is 0.941 bits per heavy atom. The Hall–Kier alpha value is -1.08. The standard InChI is InChI=1S/C10H12O5S2/c11-10-3-1-8(2-4-10)9-5-16(12,13)7-17(14,15)6-9/h1-4,9,11H,5-7H2. The van der Waals surface area contributed by atoms with E-state index in [4.69, 9.17) is 5.11 Å². The Labute approximate surface area is 99.9 Å². The molecule has 1 N–H and O–H groups in total. The van der Waals surface area contributed by atoms with Crippen LogP contribution >= 0.6 is 0 Å². The maximum atomic E-state index is 11.5. The summed E-state index contributed by atoms with van der Waals surface area (Å²) >= 11 is 0. The molecular weight excluding hydrogens is 264 g/mol. The van der Waals surface area contributed by atoms with Crippen LogP contribution in [0.15, 0.2) is 24.3 Å². The van der Waals surface area contributed by atoms with Crippen molar-refractivity contribution in [1.29, 1.82) is 0 Å². The summed E-state index contributed by atoms with van der Waals surface area (Å²) in [5.74, 6) is -0.789. The van der Waals surface area contributed by atoms with Crippen molar-refractivity contribution in [3.05, 3.63) is 29.8 Å². The quantitative estimate of drug-likeness (QED) is 0.795. The normalized spacial score (nSPS) is 23.3. The minimum atomic E-state index is -3.55. The molecule has 0 spiro atoms. The summed E-state index contributed by atoms with van der Waals surface area (Å²) in [5.41, 5.74) is 0.620. The van der Waals surface area contributed by atoms with Gasteiger partial charge in [-0.05, 0) is 17.7 Å². The van der Waals surface area contributed by atoms with E-state index in [1.807, 2.05) is 0 Å². The van der Waals surface area contributed by atoms with Crippen LogP contribution < -0.4 is 0 Å². The van der Waals surface area contributed by atoms with Gasteiger partial charge >= 0.3 is 0 Å². The summed E-state index contributed by atoms with van der Waals surface area (Å²) in [4.78, 5) is 0. The van der Waals surface area contributed by atoms with Crippen LogP contribution in [-0.2, 0) is 19.7 Å². The second kappa shape index (κ2) is 3.99. The maximum Gasteiger partial charge on any atom is 0.165 e. The van der Waals surface area contributed by atoms with Gasteiger partial charge in [-0.3, -0.25) is 0 Å². The first-order valence-corrected chi connectivity index (χ1v) is 8.61. The zero-order valence-corrected chi connectivity index (χ0v) is 10.5. The van der Waals surface area contributed by atoms with Crippen molar-refractivity contribution in [2.75, 3.05) is 16.6 Å². The average molecular weight is 276 g/mol. The third kappa shape index (κ3) is 2.98. The topological polar surface area (TPSA) is 88.5 Å². The third-order valence-electron chi connectivity index (χ3n) is 2.63. The lowest BCUT2D eigenvalue weighted by Gasteiger charge is -2.22. The maximum absolute atomic E-state index is 11.5. The number of hydrogen-bond donors (Lipinski definition) is 1. The van der Waals surface area contributed by atoms with Crippen molar-refractivity contribution in [2.24, 2.45) is 0 Å². The van der Waals surface area contributed by atoms with Crippen LogP contribution in [0.5, 0.6) is 5.75 Å². The van der Waals surface area contributed by atoms with Gasteiger partial charge in [-0.1, -0.05) is 12.1 Å². The van der Waals surface area contributed by atoms with Crippen molar-refractivity contribution in [1.82, 2.24) is 0 Å². The molecule has 0 aliphatic carbocycles. The molecule has 1 aliphatic rings. The molecule has 1 aliphatic heterocycles. The molecule has 0 atom stereocenters. The van der Waals surface area contributed by atoms with Crippen LogP contribution in [0.1, 0.15) is 11.5 Å². The number of aromatic hydroxyl groups is 1. The molecule has 0 bridgehead atoms. The molecule has 17 heavy (non-hydrogen) atoms. The van der Waals surface area contributed by atoms with Crippen molar-refractivity contribution in [3.63, 3.8) is 0 Å². The van der Waals surface area contributed by atoms with Crippen molar-refractivity contribution >= 4 is 19.7 Å². The highest BCUT2D eigenvalue weighted by Crippen LogP contribution is 2.27. The zero-order valence-electron chi connectivity index (χ0n) is 8.90. The van der Waals surface area contributed by atoms with E-state index in [0.717, 1.165) is 0 Å². The summed E-state index contributed by atoms with van der Waals surface area (Å²) in [5, 5.41) is 8.37. The highest BCUT2D eigenvalue weighted by molar-refractivity contribution is 8.08. The SMILES string of the molecule is O=S1(=O)CC(c2ccc(O)cc2)CS(=O)(=O)C1. The molecule has 5 nitrogen and oxygen atoms in total. The Morgan fingerprint density at radius 3 is 1.88 bits per heavy atom. The molecule has 94 valence electrons. The van der Waals surface area contributed by atoms with E-state index in [0.29, 0.717) is 5.56 Å². The number of benzene rings is 1. The molecule has 0 saturated carbocycles. The van der Waals surface area contributed by atoms with Crippen LogP contribution in [0.2, 0.25) is 0 Å². The molecule has 0 unspecified atom stereocenters. The molecule has 2 rings (SSSR count). The second-order valence-corrected chi connectivity index (χ2v) is 8.81. The number of phenolic OH excluding ortho intramolecular Hbond substituents is 1. The van der Waals surface area contributed by atoms with E-state index in [9.17, 15) is 16.8 Å². The van der Waals surface area contributed by atoms with Crippen LogP contribution in [0.3, 0.4) is 0 Å². The van der Waals surface area contributed by atoms with Gasteiger partial charge in [0.25, 0.3) is 0 Å². The number of hydrogen-bond acceptors (Lipinski definition) is 5. The fourth-order valence-corrected chi connectivity index (χ4v) is 6.92. The lowest BCUT2D eigenvalue weighted by molar-refractivity contribution is 0.475. The van der Waals surface area contributed by atoms with Crippen molar-refractivity contribution < 1.29 is 21.9 Å². The van der Waals surface area contributed by atoms with Crippen molar-refractivity contribution in [3.8, 4) is 5.75 Å². The predicted octanol–water partition coefficient (Wildman–Crippen LogP) is 0.277. The molecule has 1 aromatic carbocycles. The molecule has 1 heterocycles. The lowest BCUT2D eigenvalue weighted by atomic mass is 10.0. The Morgan fingerprint density at radius 2 is 1.41 bits per heavy atom. The Bertz CT molecular complexity index is 579. The monoisotopic (exact) mass is 276 g/mol. The molecule has 0 aromatic heterocycles. The molecule has 1 saturated heterocycles.